The average Bonchev–Trinajstić information content (AvgIpc) is 2.97. The summed E-state index contributed by atoms with van der Waals surface area (Å²) in [5.41, 5.74) is 5.26. The number of anilines is 1. The van der Waals surface area contributed by atoms with Crippen molar-refractivity contribution in [1.82, 2.24) is 5.32 Å². The molecule has 3 aromatic carbocycles. The van der Waals surface area contributed by atoms with Crippen molar-refractivity contribution in [2.45, 2.75) is 38.7 Å². The third-order valence-electron chi connectivity index (χ3n) is 7.01. The zero-order chi connectivity index (χ0) is 28.1. The fourth-order valence-electron chi connectivity index (χ4n) is 4.94. The lowest BCUT2D eigenvalue weighted by Crippen LogP contribution is -2.31. The lowest BCUT2D eigenvalue weighted by Gasteiger charge is -2.33. The third-order valence-corrected chi connectivity index (χ3v) is 8.44. The minimum atomic E-state index is -0.502. The van der Waals surface area contributed by atoms with Gasteiger partial charge in [-0.1, -0.05) is 71.9 Å². The van der Waals surface area contributed by atoms with Crippen LogP contribution in [0.5, 0.6) is 5.75 Å². The van der Waals surface area contributed by atoms with Crippen LogP contribution in [-0.2, 0) is 16.2 Å². The summed E-state index contributed by atoms with van der Waals surface area (Å²) < 4.78 is 5.94. The van der Waals surface area contributed by atoms with E-state index in [1.807, 2.05) is 61.5 Å². The van der Waals surface area contributed by atoms with Crippen LogP contribution in [-0.4, -0.2) is 17.4 Å². The molecule has 0 aromatic heterocycles. The maximum atomic E-state index is 13.1. The molecule has 202 valence electrons. The predicted molar refractivity (Wildman–Crippen MR) is 159 cm³/mol. The van der Waals surface area contributed by atoms with Gasteiger partial charge in [0.1, 0.15) is 12.4 Å². The van der Waals surface area contributed by atoms with Gasteiger partial charge in [0, 0.05) is 28.4 Å². The Kier molecular flexibility index (Phi) is 8.59. The van der Waals surface area contributed by atoms with Crippen LogP contribution < -0.4 is 15.4 Å². The number of hydrogen-bond acceptors (Lipinski definition) is 6. The van der Waals surface area contributed by atoms with E-state index >= 15 is 0 Å². The molecule has 1 amide bonds. The van der Waals surface area contributed by atoms with E-state index in [9.17, 15) is 14.9 Å². The van der Waals surface area contributed by atoms with Crippen molar-refractivity contribution >= 4 is 40.7 Å². The van der Waals surface area contributed by atoms with Crippen molar-refractivity contribution in [2.75, 3.05) is 11.1 Å². The summed E-state index contributed by atoms with van der Waals surface area (Å²) >= 11 is 7.45. The maximum Gasteiger partial charge on any atom is 0.234 e. The minimum absolute atomic E-state index is 0.0501. The average molecular weight is 570 g/mol. The Morgan fingerprint density at radius 1 is 1.10 bits per heavy atom. The van der Waals surface area contributed by atoms with Gasteiger partial charge >= 0.3 is 0 Å². The topological polar surface area (TPSA) is 91.2 Å². The van der Waals surface area contributed by atoms with Crippen molar-refractivity contribution in [3.8, 4) is 11.8 Å². The summed E-state index contributed by atoms with van der Waals surface area (Å²) in [4.78, 5) is 25.9. The van der Waals surface area contributed by atoms with Gasteiger partial charge in [-0.2, -0.15) is 5.26 Å². The van der Waals surface area contributed by atoms with Gasteiger partial charge < -0.3 is 15.4 Å². The summed E-state index contributed by atoms with van der Waals surface area (Å²) in [6.07, 6.45) is 1.92. The highest BCUT2D eigenvalue weighted by molar-refractivity contribution is 8.03. The number of ether oxygens (including phenoxy) is 1. The zero-order valence-corrected chi connectivity index (χ0v) is 23.6. The fourth-order valence-corrected chi connectivity index (χ4v) is 5.97. The summed E-state index contributed by atoms with van der Waals surface area (Å²) in [6, 6.07) is 25.2. The van der Waals surface area contributed by atoms with E-state index in [1.54, 1.807) is 18.2 Å². The summed E-state index contributed by atoms with van der Waals surface area (Å²) in [7, 11) is 0. The van der Waals surface area contributed by atoms with Crippen LogP contribution in [0.3, 0.4) is 0 Å². The van der Waals surface area contributed by atoms with Gasteiger partial charge in [-0.3, -0.25) is 9.59 Å². The molecule has 5 rings (SSSR count). The summed E-state index contributed by atoms with van der Waals surface area (Å²) in [5.74, 6) is 0.135. The van der Waals surface area contributed by atoms with Crippen LogP contribution in [0, 0.1) is 18.3 Å². The number of nitrogens with zero attached hydrogens (tertiary/aromatic N) is 1. The van der Waals surface area contributed by atoms with E-state index in [0.29, 0.717) is 52.1 Å². The van der Waals surface area contributed by atoms with E-state index in [-0.39, 0.29) is 17.4 Å². The molecule has 0 saturated heterocycles. The number of nitrogens with one attached hydrogen (secondary N) is 2. The highest BCUT2D eigenvalue weighted by atomic mass is 35.5. The SMILES string of the molecule is Cc1c(Cl)cccc1NC(=O)CSC1=C(C#N)[C@@H](c2ccc(OCc3ccccc3)cc2)C2=C(CCCC2=O)N1. The van der Waals surface area contributed by atoms with E-state index in [2.05, 4.69) is 16.7 Å². The van der Waals surface area contributed by atoms with Gasteiger partial charge in [0.15, 0.2) is 5.78 Å². The molecule has 0 spiro atoms. The molecule has 8 heteroatoms. The lowest BCUT2D eigenvalue weighted by atomic mass is 9.77. The molecule has 0 unspecified atom stereocenters. The first-order chi connectivity index (χ1) is 19.4. The lowest BCUT2D eigenvalue weighted by molar-refractivity contribution is -0.116. The number of rotatable bonds is 8. The summed E-state index contributed by atoms with van der Waals surface area (Å²) in [6.45, 7) is 2.29. The van der Waals surface area contributed by atoms with Crippen molar-refractivity contribution in [1.29, 1.82) is 5.26 Å². The number of halogens is 1. The van der Waals surface area contributed by atoms with E-state index in [1.165, 1.54) is 11.8 Å². The largest absolute Gasteiger partial charge is 0.489 e. The standard InChI is InChI=1S/C32H28ClN3O3S/c1-20-25(33)9-5-10-26(20)35-29(38)19-40-32-24(17-34)30(31-27(36-32)11-6-12-28(31)37)22-13-15-23(16-14-22)39-18-21-7-3-2-4-8-21/h2-5,7-10,13-16,30,36H,6,11-12,18-19H2,1H3,(H,35,38)/t30-/m1/s1. The number of ketones is 1. The minimum Gasteiger partial charge on any atom is -0.489 e. The molecular weight excluding hydrogens is 542 g/mol. The first-order valence-electron chi connectivity index (χ1n) is 13.1. The van der Waals surface area contributed by atoms with Crippen molar-refractivity contribution in [3.63, 3.8) is 0 Å². The van der Waals surface area contributed by atoms with Crippen LogP contribution in [0.25, 0.3) is 0 Å². The monoisotopic (exact) mass is 569 g/mol. The second kappa shape index (κ2) is 12.5. The molecule has 2 aliphatic rings. The van der Waals surface area contributed by atoms with E-state index in [4.69, 9.17) is 16.3 Å². The number of benzene rings is 3. The molecule has 2 N–H and O–H groups in total. The summed E-state index contributed by atoms with van der Waals surface area (Å²) in [5, 5.41) is 17.7. The molecule has 0 fully saturated rings. The number of carbonyl (C=O) groups excluding carboxylic acids is 2. The maximum absolute atomic E-state index is 13.1. The number of thioether (sulfide) groups is 1. The molecule has 0 radical (unpaired) electrons. The second-order valence-corrected chi connectivity index (χ2v) is 11.1. The molecule has 0 saturated carbocycles. The Bertz CT molecular complexity index is 1540. The highest BCUT2D eigenvalue weighted by Gasteiger charge is 2.37. The molecule has 3 aromatic rings. The quantitative estimate of drug-likeness (QED) is 0.303. The normalized spacial score (nSPS) is 16.6. The molecule has 0 bridgehead atoms. The Labute approximate surface area is 243 Å². The van der Waals surface area contributed by atoms with Gasteiger partial charge in [0.05, 0.1) is 28.3 Å². The van der Waals surface area contributed by atoms with Gasteiger partial charge in [0.25, 0.3) is 0 Å². The van der Waals surface area contributed by atoms with Crippen LogP contribution in [0.4, 0.5) is 5.69 Å². The van der Waals surface area contributed by atoms with Gasteiger partial charge in [0.2, 0.25) is 5.91 Å². The zero-order valence-electron chi connectivity index (χ0n) is 22.0. The highest BCUT2D eigenvalue weighted by Crippen LogP contribution is 2.44. The van der Waals surface area contributed by atoms with Crippen molar-refractivity contribution in [3.05, 3.63) is 116 Å². The molecular formula is C32H28ClN3O3S. The number of dihydropyridines is 1. The van der Waals surface area contributed by atoms with Crippen LogP contribution >= 0.6 is 23.4 Å². The fraction of sp³-hybridized carbons (Fsp3) is 0.219. The Morgan fingerprint density at radius 2 is 1.88 bits per heavy atom. The van der Waals surface area contributed by atoms with Gasteiger partial charge in [-0.15, -0.1) is 0 Å². The van der Waals surface area contributed by atoms with Gasteiger partial charge in [-0.05, 0) is 60.7 Å². The molecule has 1 heterocycles. The molecule has 1 aliphatic carbocycles. The smallest absolute Gasteiger partial charge is 0.234 e. The van der Waals surface area contributed by atoms with Crippen LogP contribution in [0.2, 0.25) is 5.02 Å². The number of carbonyl (C=O) groups is 2. The Hall–Kier alpha value is -3.99. The van der Waals surface area contributed by atoms with Crippen LogP contribution in [0.1, 0.15) is 41.9 Å². The van der Waals surface area contributed by atoms with Crippen LogP contribution in [0.15, 0.2) is 94.7 Å². The molecule has 1 aliphatic heterocycles. The number of hydrogen-bond donors (Lipinski definition) is 2. The van der Waals surface area contributed by atoms with E-state index in [0.717, 1.165) is 28.8 Å². The Balaban J connectivity index is 1.37. The molecule has 1 atom stereocenters. The van der Waals surface area contributed by atoms with Crippen molar-refractivity contribution < 1.29 is 14.3 Å². The number of Topliss-reactive ketones (excluding diaryl/α,β-unsaturated/α-hetero) is 1. The molecule has 6 nitrogen and oxygen atoms in total. The van der Waals surface area contributed by atoms with Crippen molar-refractivity contribution in [2.24, 2.45) is 0 Å². The number of nitriles is 1. The van der Waals surface area contributed by atoms with Gasteiger partial charge in [-0.25, -0.2) is 0 Å². The Morgan fingerprint density at radius 3 is 2.62 bits per heavy atom. The number of allylic oxidation sites excluding steroid dienone is 3. The number of amides is 1. The first kappa shape index (κ1) is 27.6. The first-order valence-corrected chi connectivity index (χ1v) is 14.4. The van der Waals surface area contributed by atoms with E-state index < -0.39 is 5.92 Å². The second-order valence-electron chi connectivity index (χ2n) is 9.67. The third kappa shape index (κ3) is 6.09. The molecule has 40 heavy (non-hydrogen) atoms. The predicted octanol–water partition coefficient (Wildman–Crippen LogP) is 7.03.